The van der Waals surface area contributed by atoms with Gasteiger partial charge in [0.25, 0.3) is 5.56 Å². The number of nitriles is 1. The molecule has 1 aliphatic heterocycles. The van der Waals surface area contributed by atoms with Crippen LogP contribution in [0.25, 0.3) is 0 Å². The summed E-state index contributed by atoms with van der Waals surface area (Å²) in [6.45, 7) is 2.05. The lowest BCUT2D eigenvalue weighted by molar-refractivity contribution is -0.0105. The lowest BCUT2D eigenvalue weighted by atomic mass is 10.0. The zero-order valence-corrected chi connectivity index (χ0v) is 36.2. The Bertz CT molecular complexity index is 1930. The van der Waals surface area contributed by atoms with Crippen LogP contribution in [-0.4, -0.2) is 51.4 Å². The van der Waals surface area contributed by atoms with Gasteiger partial charge in [-0.3, -0.25) is 27.9 Å². The molecule has 22 heteroatoms. The van der Waals surface area contributed by atoms with Crippen molar-refractivity contribution in [3.63, 3.8) is 0 Å². The van der Waals surface area contributed by atoms with E-state index in [4.69, 9.17) is 33.0 Å². The van der Waals surface area contributed by atoms with Gasteiger partial charge in [-0.25, -0.2) is 23.3 Å². The molecular formula is C37H56N3O16P3. The van der Waals surface area contributed by atoms with Crippen LogP contribution in [-0.2, 0) is 52.0 Å². The van der Waals surface area contributed by atoms with Crippen LogP contribution in [0.15, 0.2) is 52.2 Å². The Morgan fingerprint density at radius 2 is 1.44 bits per heavy atom. The Kier molecular flexibility index (Phi) is 22.2. The molecule has 0 aliphatic carbocycles. The first kappa shape index (κ1) is 50.1. The van der Waals surface area contributed by atoms with Gasteiger partial charge in [0, 0.05) is 11.8 Å². The highest BCUT2D eigenvalue weighted by Gasteiger charge is 2.44. The molecule has 1 aliphatic rings. The van der Waals surface area contributed by atoms with Crippen molar-refractivity contribution in [2.24, 2.45) is 0 Å². The molecule has 0 saturated carbocycles. The number of aromatic amines is 1. The van der Waals surface area contributed by atoms with Gasteiger partial charge in [0.1, 0.15) is 11.9 Å². The molecule has 0 bridgehead atoms. The minimum absolute atomic E-state index is 0.130. The van der Waals surface area contributed by atoms with Crippen molar-refractivity contribution in [3.8, 4) is 11.8 Å². The van der Waals surface area contributed by atoms with Crippen LogP contribution in [0.2, 0.25) is 0 Å². The zero-order valence-electron chi connectivity index (χ0n) is 33.5. The smallest absolute Gasteiger partial charge is 0.434 e. The minimum atomic E-state index is -5.74. The molecular weight excluding hydrogens is 835 g/mol. The van der Waals surface area contributed by atoms with Crippen LogP contribution in [0.1, 0.15) is 121 Å². The molecule has 5 atom stereocenters. The second kappa shape index (κ2) is 26.2. The summed E-state index contributed by atoms with van der Waals surface area (Å²) in [5, 5.41) is 8.85. The predicted molar refractivity (Wildman–Crippen MR) is 214 cm³/mol. The summed E-state index contributed by atoms with van der Waals surface area (Å²) < 4.78 is 79.2. The van der Waals surface area contributed by atoms with Crippen LogP contribution >= 0.6 is 23.5 Å². The Morgan fingerprint density at radius 3 is 2.05 bits per heavy atom. The van der Waals surface area contributed by atoms with Crippen LogP contribution in [0.4, 0.5) is 4.79 Å². The third kappa shape index (κ3) is 20.3. The van der Waals surface area contributed by atoms with Crippen molar-refractivity contribution in [1.29, 1.82) is 5.26 Å². The minimum Gasteiger partial charge on any atom is -0.434 e. The molecule has 1 aromatic heterocycles. The third-order valence-corrected chi connectivity index (χ3v) is 13.4. The maximum Gasteiger partial charge on any atom is 0.513 e. The molecule has 2 heterocycles. The normalized spacial score (nSPS) is 18.1. The molecule has 3 rings (SSSR count). The Hall–Kier alpha value is -3.23. The van der Waals surface area contributed by atoms with Crippen LogP contribution in [0.5, 0.6) is 5.75 Å². The summed E-state index contributed by atoms with van der Waals surface area (Å²) >= 11 is 0. The number of benzene rings is 1. The van der Waals surface area contributed by atoms with Crippen molar-refractivity contribution < 1.29 is 64.7 Å². The number of ether oxygens (including phenoxy) is 3. The van der Waals surface area contributed by atoms with Gasteiger partial charge in [-0.15, -0.1) is 0 Å². The van der Waals surface area contributed by atoms with E-state index in [0.717, 1.165) is 23.8 Å². The van der Waals surface area contributed by atoms with E-state index >= 15 is 0 Å². The Morgan fingerprint density at radius 1 is 0.831 bits per heavy atom. The summed E-state index contributed by atoms with van der Waals surface area (Å²) in [4.78, 5) is 58.4. The number of aryl methyl sites for hydroxylation is 1. The average molecular weight is 892 g/mol. The van der Waals surface area contributed by atoms with Crippen molar-refractivity contribution in [1.82, 2.24) is 9.55 Å². The SMILES string of the molecule is CCCCCCCCCCCCCCCCOC(=O)Oc1ccc(COP(=O)(OCCC#N)OP(=O)(O)OP(=O)(O)OC[C@@H]2C=C[C@H](n3cc(C)c(=O)[nH]c3=O)O2)cc1. The molecule has 0 radical (unpaired) electrons. The van der Waals surface area contributed by atoms with Crippen molar-refractivity contribution in [2.45, 2.75) is 129 Å². The molecule has 2 aromatic rings. The second-order valence-corrected chi connectivity index (χ2v) is 18.6. The fourth-order valence-electron chi connectivity index (χ4n) is 5.65. The fourth-order valence-corrected chi connectivity index (χ4v) is 9.69. The maximum absolute atomic E-state index is 13.3. The quantitative estimate of drug-likeness (QED) is 0.0217. The standard InChI is InChI=1S/C37H56N3O16P3/c1-3-4-5-6-7-8-9-10-11-12-13-14-15-16-25-49-37(43)54-32-20-18-31(19-21-32)28-52-59(48,50-26-17-24-38)56-58(46,47)55-57(44,45)51-29-33-22-23-34(53-33)40-27-30(2)35(41)39-36(40)42/h18-23,27,33-34H,3-17,25-26,28-29H2,1-2H3,(H,44,45)(H,46,47)(H,39,41,42)/t33-,34+,59?/m0/s1. The third-order valence-electron chi connectivity index (χ3n) is 8.73. The highest BCUT2D eigenvalue weighted by atomic mass is 31.3. The number of nitrogens with zero attached hydrogens (tertiary/aromatic N) is 2. The van der Waals surface area contributed by atoms with Gasteiger partial charge in [-0.1, -0.05) is 109 Å². The van der Waals surface area contributed by atoms with Crippen molar-refractivity contribution in [2.75, 3.05) is 19.8 Å². The van der Waals surface area contributed by atoms with Gasteiger partial charge in [-0.05, 0) is 37.1 Å². The summed E-state index contributed by atoms with van der Waals surface area (Å²) in [5.74, 6) is 0.130. The molecule has 3 unspecified atom stereocenters. The molecule has 3 N–H and O–H groups in total. The number of aromatic nitrogens is 2. The number of carbonyl (C=O) groups excluding carboxylic acids is 1. The lowest BCUT2D eigenvalue weighted by Crippen LogP contribution is -2.33. The van der Waals surface area contributed by atoms with Gasteiger partial charge in [-0.2, -0.15) is 13.9 Å². The van der Waals surface area contributed by atoms with E-state index in [1.54, 1.807) is 6.07 Å². The topological polar surface area (TPSA) is 261 Å². The van der Waals surface area contributed by atoms with Crippen LogP contribution in [0, 0.1) is 18.3 Å². The molecule has 0 fully saturated rings. The number of phosphoric ester groups is 2. The zero-order chi connectivity index (χ0) is 43.2. The Labute approximate surface area is 343 Å². The summed E-state index contributed by atoms with van der Waals surface area (Å²) in [6.07, 6.45) is 17.7. The maximum atomic E-state index is 13.3. The molecule has 1 aromatic carbocycles. The second-order valence-electron chi connectivity index (χ2n) is 13.7. The van der Waals surface area contributed by atoms with Gasteiger partial charge in [0.2, 0.25) is 0 Å². The number of hydrogen-bond acceptors (Lipinski definition) is 15. The first-order valence-corrected chi connectivity index (χ1v) is 24.2. The van der Waals surface area contributed by atoms with E-state index in [2.05, 4.69) is 20.5 Å². The van der Waals surface area contributed by atoms with E-state index in [1.807, 2.05) is 0 Å². The predicted octanol–water partition coefficient (Wildman–Crippen LogP) is 8.80. The van der Waals surface area contributed by atoms with E-state index in [9.17, 15) is 37.9 Å². The fraction of sp³-hybridized carbons (Fsp3) is 0.622. The van der Waals surface area contributed by atoms with Crippen molar-refractivity contribution in [3.05, 3.63) is 74.6 Å². The van der Waals surface area contributed by atoms with Gasteiger partial charge in [0.05, 0.1) is 38.9 Å². The molecule has 59 heavy (non-hydrogen) atoms. The van der Waals surface area contributed by atoms with Crippen molar-refractivity contribution >= 4 is 29.6 Å². The van der Waals surface area contributed by atoms with Gasteiger partial charge >= 0.3 is 35.3 Å². The lowest BCUT2D eigenvalue weighted by Gasteiger charge is -2.22. The first-order valence-electron chi connectivity index (χ1n) is 19.7. The summed E-state index contributed by atoms with van der Waals surface area (Å²) in [6, 6.07) is 7.32. The van der Waals surface area contributed by atoms with E-state index in [0.29, 0.717) is 12.0 Å². The van der Waals surface area contributed by atoms with E-state index in [-0.39, 0.29) is 24.3 Å². The molecule has 19 nitrogen and oxygen atoms in total. The van der Waals surface area contributed by atoms with Crippen LogP contribution < -0.4 is 16.0 Å². The highest BCUT2D eigenvalue weighted by molar-refractivity contribution is 7.67. The molecule has 0 spiro atoms. The van der Waals surface area contributed by atoms with Gasteiger partial charge in [0.15, 0.2) is 6.23 Å². The van der Waals surface area contributed by atoms with Crippen LogP contribution in [0.3, 0.4) is 0 Å². The number of carbonyl (C=O) groups is 1. The largest absolute Gasteiger partial charge is 0.513 e. The van der Waals surface area contributed by atoms with E-state index in [1.165, 1.54) is 114 Å². The number of nitrogens with one attached hydrogen (secondary N) is 1. The number of phosphoric acid groups is 3. The van der Waals surface area contributed by atoms with Gasteiger partial charge < -0.3 is 24.0 Å². The number of rotatable bonds is 30. The van der Waals surface area contributed by atoms with E-state index < -0.39 is 73.0 Å². The Balaban J connectivity index is 1.38. The highest BCUT2D eigenvalue weighted by Crippen LogP contribution is 2.69. The first-order chi connectivity index (χ1) is 28.1. The monoisotopic (exact) mass is 891 g/mol. The number of hydrogen-bond donors (Lipinski definition) is 3. The number of unbranched alkanes of at least 4 members (excludes halogenated alkanes) is 13. The molecule has 0 saturated heterocycles. The average Bonchev–Trinajstić information content (AvgIpc) is 3.65. The number of H-pyrrole nitrogens is 1. The summed E-state index contributed by atoms with van der Waals surface area (Å²) in [5.41, 5.74) is -0.841. The molecule has 0 amide bonds. The molecule has 330 valence electrons. The summed E-state index contributed by atoms with van der Waals surface area (Å²) in [7, 11) is -16.2.